The second kappa shape index (κ2) is 6.39. The molecule has 0 radical (unpaired) electrons. The quantitative estimate of drug-likeness (QED) is 0.887. The van der Waals surface area contributed by atoms with Crippen LogP contribution in [0.3, 0.4) is 0 Å². The van der Waals surface area contributed by atoms with E-state index in [1.54, 1.807) is 0 Å². The van der Waals surface area contributed by atoms with Crippen LogP contribution in [-0.2, 0) is 13.1 Å². The molecule has 2 heterocycles. The molecule has 0 spiro atoms. The zero-order valence-corrected chi connectivity index (χ0v) is 13.7. The zero-order chi connectivity index (χ0) is 15.5. The predicted molar refractivity (Wildman–Crippen MR) is 82.9 cm³/mol. The Balaban J connectivity index is 1.94. The first-order valence-electron chi connectivity index (χ1n) is 7.55. The van der Waals surface area contributed by atoms with Crippen molar-refractivity contribution in [3.05, 3.63) is 29.8 Å². The lowest BCUT2D eigenvalue weighted by Gasteiger charge is -2.19. The molecule has 0 saturated heterocycles. The zero-order valence-electron chi connectivity index (χ0n) is 13.7. The third-order valence-electron chi connectivity index (χ3n) is 3.42. The van der Waals surface area contributed by atoms with Crippen molar-refractivity contribution in [2.45, 2.75) is 65.7 Å². The van der Waals surface area contributed by atoms with E-state index in [1.807, 2.05) is 27.8 Å². The van der Waals surface area contributed by atoms with Crippen LogP contribution < -0.4 is 5.32 Å². The van der Waals surface area contributed by atoms with Crippen LogP contribution in [0, 0.1) is 0 Å². The molecule has 2 aromatic rings. The standard InChI is InChI=1S/C15H26N6/c1-6-12(2)21-8-7-13(18-21)10-20-11-14(17-19-20)9-16-15(3,4)5/h7-8,11-12,16H,6,9-10H2,1-5H3. The van der Waals surface area contributed by atoms with Gasteiger partial charge in [0.25, 0.3) is 0 Å². The van der Waals surface area contributed by atoms with Crippen LogP contribution in [0.15, 0.2) is 18.5 Å². The lowest BCUT2D eigenvalue weighted by Crippen LogP contribution is -2.35. The van der Waals surface area contributed by atoms with Crippen molar-refractivity contribution in [3.63, 3.8) is 0 Å². The van der Waals surface area contributed by atoms with E-state index >= 15 is 0 Å². The molecule has 0 bridgehead atoms. The first-order chi connectivity index (χ1) is 9.87. The summed E-state index contributed by atoms with van der Waals surface area (Å²) < 4.78 is 3.84. The fourth-order valence-corrected chi connectivity index (χ4v) is 1.91. The lowest BCUT2D eigenvalue weighted by atomic mass is 10.1. The highest BCUT2D eigenvalue weighted by atomic mass is 15.4. The summed E-state index contributed by atoms with van der Waals surface area (Å²) in [6.07, 6.45) is 5.08. The molecule has 2 aromatic heterocycles. The summed E-state index contributed by atoms with van der Waals surface area (Å²) >= 11 is 0. The van der Waals surface area contributed by atoms with Crippen molar-refractivity contribution in [3.8, 4) is 0 Å². The first-order valence-corrected chi connectivity index (χ1v) is 7.55. The Morgan fingerprint density at radius 1 is 1.29 bits per heavy atom. The topological polar surface area (TPSA) is 60.6 Å². The van der Waals surface area contributed by atoms with Crippen LogP contribution in [0.4, 0.5) is 0 Å². The summed E-state index contributed by atoms with van der Waals surface area (Å²) in [5, 5.41) is 16.3. The van der Waals surface area contributed by atoms with Crippen LogP contribution in [0.5, 0.6) is 0 Å². The Kier molecular flexibility index (Phi) is 4.77. The van der Waals surface area contributed by atoms with Gasteiger partial charge in [0.1, 0.15) is 0 Å². The van der Waals surface area contributed by atoms with Gasteiger partial charge in [-0.05, 0) is 40.2 Å². The van der Waals surface area contributed by atoms with Gasteiger partial charge in [-0.3, -0.25) is 4.68 Å². The number of hydrogen-bond donors (Lipinski definition) is 1. The molecule has 1 atom stereocenters. The van der Waals surface area contributed by atoms with Crippen LogP contribution in [0.2, 0.25) is 0 Å². The molecule has 2 rings (SSSR count). The van der Waals surface area contributed by atoms with Crippen molar-refractivity contribution in [1.82, 2.24) is 30.1 Å². The summed E-state index contributed by atoms with van der Waals surface area (Å²) in [6, 6.07) is 2.47. The van der Waals surface area contributed by atoms with E-state index in [0.717, 1.165) is 24.4 Å². The van der Waals surface area contributed by atoms with Gasteiger partial charge in [-0.1, -0.05) is 12.1 Å². The van der Waals surface area contributed by atoms with Crippen molar-refractivity contribution in [2.75, 3.05) is 0 Å². The largest absolute Gasteiger partial charge is 0.306 e. The number of nitrogens with zero attached hydrogens (tertiary/aromatic N) is 5. The van der Waals surface area contributed by atoms with Gasteiger partial charge in [-0.15, -0.1) is 5.10 Å². The molecular formula is C15H26N6. The molecule has 0 aliphatic carbocycles. The second-order valence-corrected chi connectivity index (χ2v) is 6.56. The van der Waals surface area contributed by atoms with E-state index in [4.69, 9.17) is 0 Å². The summed E-state index contributed by atoms with van der Waals surface area (Å²) in [4.78, 5) is 0. The van der Waals surface area contributed by atoms with E-state index < -0.39 is 0 Å². The van der Waals surface area contributed by atoms with E-state index in [2.05, 4.69) is 55.3 Å². The lowest BCUT2D eigenvalue weighted by molar-refractivity contribution is 0.421. The van der Waals surface area contributed by atoms with Gasteiger partial charge in [-0.25, -0.2) is 4.68 Å². The molecule has 116 valence electrons. The van der Waals surface area contributed by atoms with Gasteiger partial charge < -0.3 is 5.32 Å². The summed E-state index contributed by atoms with van der Waals surface area (Å²) in [6.45, 7) is 12.1. The fraction of sp³-hybridized carbons (Fsp3) is 0.667. The van der Waals surface area contributed by atoms with Gasteiger partial charge in [0.15, 0.2) is 0 Å². The molecule has 1 N–H and O–H groups in total. The molecular weight excluding hydrogens is 264 g/mol. The third-order valence-corrected chi connectivity index (χ3v) is 3.42. The number of hydrogen-bond acceptors (Lipinski definition) is 4. The molecule has 0 saturated carbocycles. The highest BCUT2D eigenvalue weighted by Gasteiger charge is 2.11. The molecule has 0 amide bonds. The van der Waals surface area contributed by atoms with Crippen LogP contribution in [0.1, 0.15) is 58.5 Å². The van der Waals surface area contributed by atoms with Gasteiger partial charge >= 0.3 is 0 Å². The smallest absolute Gasteiger partial charge is 0.0965 e. The summed E-state index contributed by atoms with van der Waals surface area (Å²) in [5.74, 6) is 0. The maximum atomic E-state index is 4.58. The van der Waals surface area contributed by atoms with Crippen molar-refractivity contribution in [2.24, 2.45) is 0 Å². The van der Waals surface area contributed by atoms with E-state index in [1.165, 1.54) is 0 Å². The molecule has 6 nitrogen and oxygen atoms in total. The Morgan fingerprint density at radius 3 is 2.71 bits per heavy atom. The monoisotopic (exact) mass is 290 g/mol. The Hall–Kier alpha value is -1.69. The maximum Gasteiger partial charge on any atom is 0.0965 e. The number of aromatic nitrogens is 5. The average Bonchev–Trinajstić information content (AvgIpc) is 3.04. The SMILES string of the molecule is CCC(C)n1ccc(Cn2cc(CNC(C)(C)C)nn2)n1. The molecule has 0 aliphatic heterocycles. The van der Waals surface area contributed by atoms with E-state index in [9.17, 15) is 0 Å². The van der Waals surface area contributed by atoms with E-state index in [-0.39, 0.29) is 5.54 Å². The predicted octanol–water partition coefficient (Wildman–Crippen LogP) is 2.38. The highest BCUT2D eigenvalue weighted by molar-refractivity contribution is 5.02. The second-order valence-electron chi connectivity index (χ2n) is 6.56. The Morgan fingerprint density at radius 2 is 2.05 bits per heavy atom. The van der Waals surface area contributed by atoms with Crippen molar-refractivity contribution < 1.29 is 0 Å². The fourth-order valence-electron chi connectivity index (χ4n) is 1.91. The Bertz CT molecular complexity index is 563. The van der Waals surface area contributed by atoms with Gasteiger partial charge in [-0.2, -0.15) is 5.10 Å². The van der Waals surface area contributed by atoms with Gasteiger partial charge in [0.05, 0.1) is 24.1 Å². The van der Waals surface area contributed by atoms with E-state index in [0.29, 0.717) is 12.6 Å². The molecule has 0 aromatic carbocycles. The van der Waals surface area contributed by atoms with Crippen molar-refractivity contribution >= 4 is 0 Å². The minimum Gasteiger partial charge on any atom is -0.306 e. The van der Waals surface area contributed by atoms with Gasteiger partial charge in [0, 0.05) is 24.3 Å². The van der Waals surface area contributed by atoms with Crippen LogP contribution in [0.25, 0.3) is 0 Å². The highest BCUT2D eigenvalue weighted by Crippen LogP contribution is 2.10. The van der Waals surface area contributed by atoms with Crippen molar-refractivity contribution in [1.29, 1.82) is 0 Å². The minimum atomic E-state index is 0.0822. The number of rotatable bonds is 6. The normalized spacial score (nSPS) is 13.6. The molecule has 0 aliphatic rings. The molecule has 6 heteroatoms. The Labute approximate surface area is 126 Å². The summed E-state index contributed by atoms with van der Waals surface area (Å²) in [7, 11) is 0. The van der Waals surface area contributed by atoms with Crippen LogP contribution in [-0.4, -0.2) is 30.3 Å². The molecule has 0 fully saturated rings. The maximum absolute atomic E-state index is 4.58. The van der Waals surface area contributed by atoms with Crippen LogP contribution >= 0.6 is 0 Å². The summed E-state index contributed by atoms with van der Waals surface area (Å²) in [5.41, 5.74) is 2.04. The minimum absolute atomic E-state index is 0.0822. The average molecular weight is 290 g/mol. The molecule has 1 unspecified atom stereocenters. The third kappa shape index (κ3) is 4.67. The first kappa shape index (κ1) is 15.7. The number of nitrogens with one attached hydrogen (secondary N) is 1. The van der Waals surface area contributed by atoms with Gasteiger partial charge in [0.2, 0.25) is 0 Å². The molecule has 21 heavy (non-hydrogen) atoms.